The van der Waals surface area contributed by atoms with E-state index in [9.17, 15) is 23.2 Å². The van der Waals surface area contributed by atoms with E-state index in [1.54, 1.807) is 13.0 Å². The van der Waals surface area contributed by atoms with Gasteiger partial charge in [-0.05, 0) is 61.7 Å². The Kier molecular flexibility index (Phi) is 6.76. The fourth-order valence-corrected chi connectivity index (χ4v) is 3.25. The molecule has 0 aromatic heterocycles. The van der Waals surface area contributed by atoms with Gasteiger partial charge in [-0.15, -0.1) is 0 Å². The van der Waals surface area contributed by atoms with Crippen LogP contribution in [0.4, 0.5) is 14.5 Å². The minimum atomic E-state index is -0.582. The minimum Gasteiger partial charge on any atom is -0.455 e. The average Bonchev–Trinajstić information content (AvgIpc) is 2.75. The molecule has 8 heteroatoms. The number of hydrogen-bond acceptors (Lipinski definition) is 4. The van der Waals surface area contributed by atoms with Gasteiger partial charge in [-0.2, -0.15) is 0 Å². The number of ether oxygens (including phenoxy) is 1. The zero-order chi connectivity index (χ0) is 21.7. The van der Waals surface area contributed by atoms with E-state index in [0.717, 1.165) is 0 Å². The lowest BCUT2D eigenvalue weighted by Crippen LogP contribution is -2.43. The number of nitrogens with zero attached hydrogens (tertiary/aromatic N) is 1. The van der Waals surface area contributed by atoms with Crippen LogP contribution in [-0.4, -0.2) is 42.4 Å². The molecule has 3 rings (SSSR count). The number of benzene rings is 2. The van der Waals surface area contributed by atoms with Crippen LogP contribution >= 0.6 is 0 Å². The maximum absolute atomic E-state index is 13.5. The summed E-state index contributed by atoms with van der Waals surface area (Å²) >= 11 is 0. The second kappa shape index (κ2) is 9.47. The lowest BCUT2D eigenvalue weighted by Gasteiger charge is -2.31. The molecule has 0 aliphatic carbocycles. The number of rotatable bonds is 5. The van der Waals surface area contributed by atoms with Gasteiger partial charge in [0.05, 0.1) is 5.92 Å². The number of likely N-dealkylation sites (tertiary alicyclic amines) is 1. The summed E-state index contributed by atoms with van der Waals surface area (Å²) < 4.78 is 31.7. The molecule has 6 nitrogen and oxygen atoms in total. The van der Waals surface area contributed by atoms with Crippen LogP contribution in [0.1, 0.15) is 28.8 Å². The Morgan fingerprint density at radius 2 is 1.87 bits per heavy atom. The third kappa shape index (κ3) is 5.40. The molecule has 1 aliphatic heterocycles. The monoisotopic (exact) mass is 416 g/mol. The highest BCUT2D eigenvalue weighted by Gasteiger charge is 2.30. The van der Waals surface area contributed by atoms with Gasteiger partial charge in [0.2, 0.25) is 0 Å². The first-order chi connectivity index (χ1) is 14.3. The lowest BCUT2D eigenvalue weighted by molar-refractivity contribution is -0.152. The van der Waals surface area contributed by atoms with Crippen LogP contribution in [0.15, 0.2) is 42.5 Å². The van der Waals surface area contributed by atoms with E-state index in [2.05, 4.69) is 5.32 Å². The van der Waals surface area contributed by atoms with Crippen LogP contribution in [-0.2, 0) is 14.3 Å². The zero-order valence-corrected chi connectivity index (χ0v) is 16.5. The second-order valence-corrected chi connectivity index (χ2v) is 7.22. The van der Waals surface area contributed by atoms with E-state index in [-0.39, 0.29) is 18.1 Å². The minimum absolute atomic E-state index is 0.167. The third-order valence-corrected chi connectivity index (χ3v) is 4.93. The second-order valence-electron chi connectivity index (χ2n) is 7.22. The molecule has 2 aromatic rings. The molecule has 1 N–H and O–H groups in total. The van der Waals surface area contributed by atoms with Gasteiger partial charge in [-0.25, -0.2) is 8.78 Å². The molecule has 1 saturated heterocycles. The Bertz CT molecular complexity index is 947. The van der Waals surface area contributed by atoms with Crippen LogP contribution in [0.25, 0.3) is 0 Å². The standard InChI is InChI=1S/C22H22F2N2O4/c1-14-4-9-18(11-19(14)24)25-20(27)13-30-22(29)16-3-2-10-26(12-16)21(28)15-5-7-17(23)8-6-15/h4-9,11,16H,2-3,10,12-13H2,1H3,(H,25,27). The summed E-state index contributed by atoms with van der Waals surface area (Å²) in [6.07, 6.45) is 1.15. The van der Waals surface area contributed by atoms with Crippen LogP contribution < -0.4 is 5.32 Å². The highest BCUT2D eigenvalue weighted by atomic mass is 19.1. The summed E-state index contributed by atoms with van der Waals surface area (Å²) in [4.78, 5) is 38.4. The smallest absolute Gasteiger partial charge is 0.311 e. The van der Waals surface area contributed by atoms with Gasteiger partial charge in [-0.3, -0.25) is 14.4 Å². The molecule has 1 fully saturated rings. The lowest BCUT2D eigenvalue weighted by atomic mass is 9.97. The molecule has 30 heavy (non-hydrogen) atoms. The number of piperidine rings is 1. The summed E-state index contributed by atoms with van der Waals surface area (Å²) in [5, 5.41) is 2.47. The van der Waals surface area contributed by atoms with E-state index in [1.807, 2.05) is 0 Å². The number of halogens is 2. The Balaban J connectivity index is 1.51. The van der Waals surface area contributed by atoms with Crippen molar-refractivity contribution < 1.29 is 27.9 Å². The molecule has 0 bridgehead atoms. The number of carbonyl (C=O) groups is 3. The van der Waals surface area contributed by atoms with Crippen molar-refractivity contribution >= 4 is 23.5 Å². The van der Waals surface area contributed by atoms with E-state index in [4.69, 9.17) is 4.74 Å². The van der Waals surface area contributed by atoms with Crippen LogP contribution in [0, 0.1) is 24.5 Å². The summed E-state index contributed by atoms with van der Waals surface area (Å²) in [6.45, 7) is 1.76. The number of anilines is 1. The molecule has 0 saturated carbocycles. The van der Waals surface area contributed by atoms with E-state index < -0.39 is 36.0 Å². The van der Waals surface area contributed by atoms with Gasteiger partial charge >= 0.3 is 5.97 Å². The Morgan fingerprint density at radius 3 is 2.57 bits per heavy atom. The van der Waals surface area contributed by atoms with Crippen molar-refractivity contribution in [3.05, 3.63) is 65.2 Å². The number of nitrogens with one attached hydrogen (secondary N) is 1. The molecule has 2 aromatic carbocycles. The van der Waals surface area contributed by atoms with Crippen molar-refractivity contribution in [2.45, 2.75) is 19.8 Å². The fourth-order valence-electron chi connectivity index (χ4n) is 3.25. The Morgan fingerprint density at radius 1 is 1.13 bits per heavy atom. The van der Waals surface area contributed by atoms with Gasteiger partial charge in [0.25, 0.3) is 11.8 Å². The quantitative estimate of drug-likeness (QED) is 0.759. The van der Waals surface area contributed by atoms with Crippen molar-refractivity contribution in [2.75, 3.05) is 25.0 Å². The van der Waals surface area contributed by atoms with Crippen molar-refractivity contribution in [1.82, 2.24) is 4.90 Å². The highest BCUT2D eigenvalue weighted by molar-refractivity contribution is 5.95. The normalized spacial score (nSPS) is 16.1. The molecule has 1 heterocycles. The predicted molar refractivity (Wildman–Crippen MR) is 106 cm³/mol. The number of aryl methyl sites for hydroxylation is 1. The van der Waals surface area contributed by atoms with E-state index in [1.165, 1.54) is 41.3 Å². The summed E-state index contributed by atoms with van der Waals surface area (Å²) in [5.74, 6) is -2.87. The average molecular weight is 416 g/mol. The molecule has 2 amide bonds. The first kappa shape index (κ1) is 21.4. The maximum atomic E-state index is 13.5. The van der Waals surface area contributed by atoms with Crippen molar-refractivity contribution in [3.8, 4) is 0 Å². The zero-order valence-electron chi connectivity index (χ0n) is 16.5. The predicted octanol–water partition coefficient (Wildman–Crippen LogP) is 3.31. The SMILES string of the molecule is Cc1ccc(NC(=O)COC(=O)C2CCCN(C(=O)c3ccc(F)cc3)C2)cc1F. The molecule has 0 radical (unpaired) electrons. The van der Waals surface area contributed by atoms with E-state index in [0.29, 0.717) is 30.5 Å². The summed E-state index contributed by atoms with van der Waals surface area (Å²) in [5.41, 5.74) is 1.07. The van der Waals surface area contributed by atoms with Gasteiger partial charge in [-0.1, -0.05) is 6.07 Å². The largest absolute Gasteiger partial charge is 0.455 e. The summed E-state index contributed by atoms with van der Waals surface area (Å²) in [6, 6.07) is 9.50. The Hall–Kier alpha value is -3.29. The maximum Gasteiger partial charge on any atom is 0.311 e. The number of esters is 1. The van der Waals surface area contributed by atoms with Crippen LogP contribution in [0.3, 0.4) is 0 Å². The van der Waals surface area contributed by atoms with Crippen molar-refractivity contribution in [3.63, 3.8) is 0 Å². The van der Waals surface area contributed by atoms with Crippen molar-refractivity contribution in [1.29, 1.82) is 0 Å². The van der Waals surface area contributed by atoms with Crippen molar-refractivity contribution in [2.24, 2.45) is 5.92 Å². The number of carbonyl (C=O) groups excluding carboxylic acids is 3. The molecule has 1 atom stereocenters. The first-order valence-electron chi connectivity index (χ1n) is 9.61. The first-order valence-corrected chi connectivity index (χ1v) is 9.61. The molecule has 0 spiro atoms. The van der Waals surface area contributed by atoms with Crippen LogP contribution in [0.5, 0.6) is 0 Å². The highest BCUT2D eigenvalue weighted by Crippen LogP contribution is 2.20. The third-order valence-electron chi connectivity index (χ3n) is 4.93. The molecular weight excluding hydrogens is 394 g/mol. The van der Waals surface area contributed by atoms with Gasteiger partial charge < -0.3 is 15.0 Å². The molecular formula is C22H22F2N2O4. The Labute approximate surface area is 172 Å². The number of hydrogen-bond donors (Lipinski definition) is 1. The number of amides is 2. The van der Waals surface area contributed by atoms with Crippen LogP contribution in [0.2, 0.25) is 0 Å². The summed E-state index contributed by atoms with van der Waals surface area (Å²) in [7, 11) is 0. The molecule has 1 aliphatic rings. The van der Waals surface area contributed by atoms with Gasteiger partial charge in [0, 0.05) is 24.3 Å². The molecule has 158 valence electrons. The molecule has 1 unspecified atom stereocenters. The topological polar surface area (TPSA) is 75.7 Å². The van der Waals surface area contributed by atoms with Gasteiger partial charge in [0.1, 0.15) is 11.6 Å². The fraction of sp³-hybridized carbons (Fsp3) is 0.318. The van der Waals surface area contributed by atoms with E-state index >= 15 is 0 Å². The van der Waals surface area contributed by atoms with Gasteiger partial charge in [0.15, 0.2) is 6.61 Å².